The Morgan fingerprint density at radius 3 is 2.85 bits per heavy atom. The minimum atomic E-state index is -0.0236. The number of fused-ring (bicyclic) bond motifs is 1. The van der Waals surface area contributed by atoms with Crippen LogP contribution >= 0.6 is 0 Å². The average Bonchev–Trinajstić information content (AvgIpc) is 2.86. The molecular formula is C15H16N4O. The number of benzene rings is 1. The lowest BCUT2D eigenvalue weighted by atomic mass is 10.2. The number of hydrogen-bond acceptors (Lipinski definition) is 3. The van der Waals surface area contributed by atoms with Gasteiger partial charge in [-0.15, -0.1) is 0 Å². The molecule has 102 valence electrons. The van der Waals surface area contributed by atoms with Crippen molar-refractivity contribution in [2.75, 3.05) is 5.73 Å². The summed E-state index contributed by atoms with van der Waals surface area (Å²) in [4.78, 5) is 11.7. The van der Waals surface area contributed by atoms with E-state index in [4.69, 9.17) is 5.73 Å². The zero-order valence-corrected chi connectivity index (χ0v) is 11.1. The lowest BCUT2D eigenvalue weighted by Crippen LogP contribution is -2.19. The van der Waals surface area contributed by atoms with E-state index < -0.39 is 0 Å². The van der Waals surface area contributed by atoms with Crippen molar-refractivity contribution in [3.8, 4) is 0 Å². The standard InChI is InChI=1S/C15H16N4O/c16-13-6-7-15(20)18(11-13)8-3-9-19-14-5-2-1-4-12(14)10-17-19/h1-2,4-7,10-11H,3,8-9,16H2. The van der Waals surface area contributed by atoms with E-state index in [1.807, 2.05) is 29.1 Å². The molecule has 0 spiro atoms. The second-order valence-corrected chi connectivity index (χ2v) is 4.77. The third kappa shape index (κ3) is 2.42. The van der Waals surface area contributed by atoms with Crippen LogP contribution in [0.2, 0.25) is 0 Å². The van der Waals surface area contributed by atoms with Gasteiger partial charge in [-0.3, -0.25) is 9.48 Å². The molecule has 3 rings (SSSR count). The molecule has 20 heavy (non-hydrogen) atoms. The Morgan fingerprint density at radius 2 is 1.95 bits per heavy atom. The van der Waals surface area contributed by atoms with E-state index in [2.05, 4.69) is 11.2 Å². The topological polar surface area (TPSA) is 65.8 Å². The first kappa shape index (κ1) is 12.5. The molecule has 0 aliphatic rings. The summed E-state index contributed by atoms with van der Waals surface area (Å²) in [5, 5.41) is 5.50. The molecule has 2 N–H and O–H groups in total. The minimum absolute atomic E-state index is 0.0236. The van der Waals surface area contributed by atoms with Crippen LogP contribution in [0.15, 0.2) is 53.6 Å². The van der Waals surface area contributed by atoms with Crippen molar-refractivity contribution in [3.63, 3.8) is 0 Å². The number of anilines is 1. The summed E-state index contributed by atoms with van der Waals surface area (Å²) in [5.74, 6) is 0. The Morgan fingerprint density at radius 1 is 1.10 bits per heavy atom. The Labute approximate surface area is 116 Å². The second-order valence-electron chi connectivity index (χ2n) is 4.77. The monoisotopic (exact) mass is 268 g/mol. The highest BCUT2D eigenvalue weighted by atomic mass is 16.1. The van der Waals surface area contributed by atoms with Crippen molar-refractivity contribution in [2.45, 2.75) is 19.5 Å². The van der Waals surface area contributed by atoms with Crippen LogP contribution in [-0.4, -0.2) is 14.3 Å². The number of aryl methyl sites for hydroxylation is 2. The first-order valence-electron chi connectivity index (χ1n) is 6.60. The summed E-state index contributed by atoms with van der Waals surface area (Å²) < 4.78 is 3.60. The highest BCUT2D eigenvalue weighted by molar-refractivity contribution is 5.78. The number of pyridine rings is 1. The Hall–Kier alpha value is -2.56. The Kier molecular flexibility index (Phi) is 3.25. The van der Waals surface area contributed by atoms with E-state index in [1.54, 1.807) is 16.8 Å². The quantitative estimate of drug-likeness (QED) is 0.785. The van der Waals surface area contributed by atoms with Crippen molar-refractivity contribution < 1.29 is 0 Å². The largest absolute Gasteiger partial charge is 0.398 e. The molecule has 0 aliphatic carbocycles. The molecule has 0 saturated heterocycles. The molecule has 2 aromatic heterocycles. The lowest BCUT2D eigenvalue weighted by Gasteiger charge is -2.07. The van der Waals surface area contributed by atoms with E-state index in [1.165, 1.54) is 6.07 Å². The third-order valence-electron chi connectivity index (χ3n) is 3.33. The van der Waals surface area contributed by atoms with Gasteiger partial charge in [0.1, 0.15) is 0 Å². The van der Waals surface area contributed by atoms with Crippen LogP contribution < -0.4 is 11.3 Å². The summed E-state index contributed by atoms with van der Waals surface area (Å²) in [6, 6.07) is 11.2. The molecule has 3 aromatic rings. The van der Waals surface area contributed by atoms with Crippen LogP contribution in [0.5, 0.6) is 0 Å². The first-order valence-corrected chi connectivity index (χ1v) is 6.60. The second kappa shape index (κ2) is 5.21. The summed E-state index contributed by atoms with van der Waals surface area (Å²) in [7, 11) is 0. The van der Waals surface area contributed by atoms with Crippen LogP contribution in [-0.2, 0) is 13.1 Å². The lowest BCUT2D eigenvalue weighted by molar-refractivity contribution is 0.530. The fraction of sp³-hybridized carbons (Fsp3) is 0.200. The van der Waals surface area contributed by atoms with Gasteiger partial charge in [-0.2, -0.15) is 5.10 Å². The van der Waals surface area contributed by atoms with Crippen LogP contribution in [0.4, 0.5) is 5.69 Å². The maximum absolute atomic E-state index is 11.7. The molecule has 0 radical (unpaired) electrons. The van der Waals surface area contributed by atoms with Crippen molar-refractivity contribution in [1.82, 2.24) is 14.3 Å². The smallest absolute Gasteiger partial charge is 0.250 e. The summed E-state index contributed by atoms with van der Waals surface area (Å²) in [5.41, 5.74) is 7.39. The molecule has 0 aliphatic heterocycles. The predicted octanol–water partition coefficient (Wildman–Crippen LogP) is 1.87. The molecular weight excluding hydrogens is 252 g/mol. The Bertz CT molecular complexity index is 788. The predicted molar refractivity (Wildman–Crippen MR) is 79.5 cm³/mol. The number of hydrogen-bond donors (Lipinski definition) is 1. The number of nitrogen functional groups attached to an aromatic ring is 1. The molecule has 5 heteroatoms. The van der Waals surface area contributed by atoms with Gasteiger partial charge in [-0.1, -0.05) is 18.2 Å². The summed E-state index contributed by atoms with van der Waals surface area (Å²) in [6.07, 6.45) is 4.38. The molecule has 0 fully saturated rings. The molecule has 0 bridgehead atoms. The van der Waals surface area contributed by atoms with Gasteiger partial charge in [0.05, 0.1) is 11.7 Å². The van der Waals surface area contributed by atoms with Gasteiger partial charge in [-0.25, -0.2) is 0 Å². The van der Waals surface area contributed by atoms with Crippen molar-refractivity contribution in [3.05, 3.63) is 59.1 Å². The fourth-order valence-electron chi connectivity index (χ4n) is 2.32. The average molecular weight is 268 g/mol. The van der Waals surface area contributed by atoms with Crippen molar-refractivity contribution in [2.24, 2.45) is 0 Å². The SMILES string of the molecule is Nc1ccc(=O)n(CCCn2ncc3ccccc32)c1. The van der Waals surface area contributed by atoms with Gasteiger partial charge < -0.3 is 10.3 Å². The minimum Gasteiger partial charge on any atom is -0.398 e. The van der Waals surface area contributed by atoms with Crippen LogP contribution in [0.1, 0.15) is 6.42 Å². The zero-order valence-electron chi connectivity index (χ0n) is 11.1. The molecule has 5 nitrogen and oxygen atoms in total. The zero-order chi connectivity index (χ0) is 13.9. The van der Waals surface area contributed by atoms with E-state index in [9.17, 15) is 4.79 Å². The maximum Gasteiger partial charge on any atom is 0.250 e. The van der Waals surface area contributed by atoms with Gasteiger partial charge in [0.25, 0.3) is 5.56 Å². The molecule has 0 unspecified atom stereocenters. The third-order valence-corrected chi connectivity index (χ3v) is 3.33. The van der Waals surface area contributed by atoms with E-state index in [0.717, 1.165) is 23.9 Å². The van der Waals surface area contributed by atoms with Gasteiger partial charge in [0.15, 0.2) is 0 Å². The van der Waals surface area contributed by atoms with Crippen molar-refractivity contribution in [1.29, 1.82) is 0 Å². The van der Waals surface area contributed by atoms with E-state index >= 15 is 0 Å². The van der Waals surface area contributed by atoms with Gasteiger partial charge in [0, 0.05) is 36.4 Å². The molecule has 0 atom stereocenters. The van der Waals surface area contributed by atoms with E-state index in [0.29, 0.717) is 12.2 Å². The Balaban J connectivity index is 1.71. The number of nitrogens with zero attached hydrogens (tertiary/aromatic N) is 3. The molecule has 0 amide bonds. The van der Waals surface area contributed by atoms with Crippen LogP contribution in [0.25, 0.3) is 10.9 Å². The molecule has 2 heterocycles. The molecule has 0 saturated carbocycles. The molecule has 1 aromatic carbocycles. The number of rotatable bonds is 4. The number of aromatic nitrogens is 3. The maximum atomic E-state index is 11.7. The highest BCUT2D eigenvalue weighted by Gasteiger charge is 2.02. The highest BCUT2D eigenvalue weighted by Crippen LogP contribution is 2.12. The van der Waals surface area contributed by atoms with Gasteiger partial charge in [0.2, 0.25) is 0 Å². The van der Waals surface area contributed by atoms with E-state index in [-0.39, 0.29) is 5.56 Å². The normalized spacial score (nSPS) is 11.0. The summed E-state index contributed by atoms with van der Waals surface area (Å²) >= 11 is 0. The fourth-order valence-corrected chi connectivity index (χ4v) is 2.32. The number of nitrogens with two attached hydrogens (primary N) is 1. The number of para-hydroxylation sites is 1. The van der Waals surface area contributed by atoms with Gasteiger partial charge in [-0.05, 0) is 18.6 Å². The van der Waals surface area contributed by atoms with Crippen LogP contribution in [0, 0.1) is 0 Å². The van der Waals surface area contributed by atoms with Crippen LogP contribution in [0.3, 0.4) is 0 Å². The summed E-state index contributed by atoms with van der Waals surface area (Å²) in [6.45, 7) is 1.41. The van der Waals surface area contributed by atoms with Gasteiger partial charge >= 0.3 is 0 Å². The first-order chi connectivity index (χ1) is 9.74. The van der Waals surface area contributed by atoms with Crippen molar-refractivity contribution >= 4 is 16.6 Å².